The van der Waals surface area contributed by atoms with Crippen LogP contribution in [0.5, 0.6) is 0 Å². The summed E-state index contributed by atoms with van der Waals surface area (Å²) in [7, 11) is 0. The molecule has 4 heteroatoms. The van der Waals surface area contributed by atoms with Crippen molar-refractivity contribution in [2.45, 2.75) is 31.6 Å². The van der Waals surface area contributed by atoms with Crippen LogP contribution >= 0.6 is 0 Å². The number of likely N-dealkylation sites (tertiary alicyclic amines) is 1. The summed E-state index contributed by atoms with van der Waals surface area (Å²) in [6.07, 6.45) is 6.15. The van der Waals surface area contributed by atoms with Crippen LogP contribution in [-0.4, -0.2) is 33.9 Å². The van der Waals surface area contributed by atoms with Crippen molar-refractivity contribution in [3.63, 3.8) is 0 Å². The summed E-state index contributed by atoms with van der Waals surface area (Å²) < 4.78 is 0. The molecular weight excluding hydrogens is 250 g/mol. The fourth-order valence-corrected chi connectivity index (χ4v) is 3.20. The molecule has 1 saturated heterocycles. The van der Waals surface area contributed by atoms with Crippen LogP contribution in [0.15, 0.2) is 24.4 Å². The van der Waals surface area contributed by atoms with Crippen molar-refractivity contribution < 1.29 is 4.79 Å². The van der Waals surface area contributed by atoms with Crippen LogP contribution in [0.3, 0.4) is 0 Å². The Morgan fingerprint density at radius 1 is 1.25 bits per heavy atom. The number of carbonyl (C=O) groups is 1. The van der Waals surface area contributed by atoms with Gasteiger partial charge in [0.25, 0.3) is 0 Å². The van der Waals surface area contributed by atoms with Crippen molar-refractivity contribution in [3.05, 3.63) is 30.1 Å². The summed E-state index contributed by atoms with van der Waals surface area (Å²) in [6.45, 7) is 1.81. The molecule has 1 aliphatic heterocycles. The number of amides is 1. The van der Waals surface area contributed by atoms with E-state index in [9.17, 15) is 4.79 Å². The van der Waals surface area contributed by atoms with Crippen molar-refractivity contribution in [1.29, 1.82) is 0 Å². The molecule has 0 bridgehead atoms. The molecule has 4 rings (SSSR count). The van der Waals surface area contributed by atoms with E-state index in [1.54, 1.807) is 0 Å². The molecule has 4 nitrogen and oxygen atoms in total. The zero-order valence-corrected chi connectivity index (χ0v) is 11.5. The number of nitrogens with one attached hydrogen (secondary N) is 1. The third-order valence-electron chi connectivity index (χ3n) is 4.59. The number of H-pyrrole nitrogens is 1. The SMILES string of the molecule is O=C(C1CC1)N1CCC(c2cc3cccnc3[nH]2)CC1. The summed E-state index contributed by atoms with van der Waals surface area (Å²) in [5, 5.41) is 1.18. The third kappa shape index (κ3) is 2.09. The van der Waals surface area contributed by atoms with E-state index in [0.717, 1.165) is 44.4 Å². The number of aromatic nitrogens is 2. The fourth-order valence-electron chi connectivity index (χ4n) is 3.20. The summed E-state index contributed by atoms with van der Waals surface area (Å²) in [5.41, 5.74) is 2.25. The monoisotopic (exact) mass is 269 g/mol. The maximum Gasteiger partial charge on any atom is 0.225 e. The van der Waals surface area contributed by atoms with Crippen molar-refractivity contribution in [2.24, 2.45) is 5.92 Å². The predicted molar refractivity (Wildman–Crippen MR) is 77.4 cm³/mol. The minimum Gasteiger partial charge on any atom is -0.343 e. The lowest BCUT2D eigenvalue weighted by molar-refractivity contribution is -0.133. The molecule has 1 amide bonds. The van der Waals surface area contributed by atoms with Crippen LogP contribution in [0.25, 0.3) is 11.0 Å². The molecule has 2 fully saturated rings. The molecule has 2 aromatic heterocycles. The Morgan fingerprint density at radius 2 is 2.05 bits per heavy atom. The molecule has 0 aromatic carbocycles. The first kappa shape index (κ1) is 11.9. The van der Waals surface area contributed by atoms with E-state index in [4.69, 9.17) is 0 Å². The second-order valence-corrected chi connectivity index (χ2v) is 6.04. The molecule has 1 N–H and O–H groups in total. The summed E-state index contributed by atoms with van der Waals surface area (Å²) >= 11 is 0. The highest BCUT2D eigenvalue weighted by Crippen LogP contribution is 2.34. The Morgan fingerprint density at radius 3 is 2.75 bits per heavy atom. The summed E-state index contributed by atoms with van der Waals surface area (Å²) in [4.78, 5) is 21.9. The van der Waals surface area contributed by atoms with Gasteiger partial charge in [-0.25, -0.2) is 4.98 Å². The molecule has 0 unspecified atom stereocenters. The van der Waals surface area contributed by atoms with Crippen molar-refractivity contribution in [2.75, 3.05) is 13.1 Å². The molecule has 2 aromatic rings. The first-order chi connectivity index (χ1) is 9.81. The zero-order valence-electron chi connectivity index (χ0n) is 11.5. The maximum absolute atomic E-state index is 12.1. The lowest BCUT2D eigenvalue weighted by Gasteiger charge is -2.31. The number of carbonyl (C=O) groups excluding carboxylic acids is 1. The average Bonchev–Trinajstić information content (AvgIpc) is 3.25. The Hall–Kier alpha value is -1.84. The number of pyridine rings is 1. The first-order valence-electron chi connectivity index (χ1n) is 7.54. The third-order valence-corrected chi connectivity index (χ3v) is 4.59. The molecule has 2 aliphatic rings. The highest BCUT2D eigenvalue weighted by molar-refractivity contribution is 5.81. The Bertz CT molecular complexity index is 603. The largest absolute Gasteiger partial charge is 0.343 e. The van der Waals surface area contributed by atoms with E-state index in [1.807, 2.05) is 12.3 Å². The number of rotatable bonds is 2. The molecule has 20 heavy (non-hydrogen) atoms. The second kappa shape index (κ2) is 4.62. The topological polar surface area (TPSA) is 49.0 Å². The number of hydrogen-bond donors (Lipinski definition) is 1. The number of nitrogens with zero attached hydrogens (tertiary/aromatic N) is 2. The van der Waals surface area contributed by atoms with E-state index in [2.05, 4.69) is 27.0 Å². The minimum absolute atomic E-state index is 0.351. The van der Waals surface area contributed by atoms with E-state index < -0.39 is 0 Å². The number of piperidine rings is 1. The molecule has 1 aliphatic carbocycles. The van der Waals surface area contributed by atoms with Gasteiger partial charge in [0.2, 0.25) is 5.91 Å². The van der Waals surface area contributed by atoms with Crippen LogP contribution in [0, 0.1) is 5.92 Å². The van der Waals surface area contributed by atoms with Gasteiger partial charge in [0, 0.05) is 42.2 Å². The lowest BCUT2D eigenvalue weighted by atomic mass is 9.93. The van der Waals surface area contributed by atoms with Crippen LogP contribution in [0.1, 0.15) is 37.3 Å². The van der Waals surface area contributed by atoms with Gasteiger partial charge in [-0.15, -0.1) is 0 Å². The Labute approximate surface area is 118 Å². The first-order valence-corrected chi connectivity index (χ1v) is 7.54. The van der Waals surface area contributed by atoms with Crippen molar-refractivity contribution in [3.8, 4) is 0 Å². The highest BCUT2D eigenvalue weighted by Gasteiger charge is 2.35. The zero-order chi connectivity index (χ0) is 13.5. The van der Waals surface area contributed by atoms with Crippen molar-refractivity contribution >= 4 is 16.9 Å². The van der Waals surface area contributed by atoms with Gasteiger partial charge in [0.15, 0.2) is 0 Å². The van der Waals surface area contributed by atoms with Crippen LogP contribution in [-0.2, 0) is 4.79 Å². The van der Waals surface area contributed by atoms with Crippen LogP contribution < -0.4 is 0 Å². The molecule has 3 heterocycles. The Kier molecular flexibility index (Phi) is 2.76. The smallest absolute Gasteiger partial charge is 0.225 e. The summed E-state index contributed by atoms with van der Waals surface area (Å²) in [6, 6.07) is 6.27. The van der Waals surface area contributed by atoms with E-state index in [-0.39, 0.29) is 0 Å². The molecule has 0 radical (unpaired) electrons. The molecular formula is C16H19N3O. The van der Waals surface area contributed by atoms with Gasteiger partial charge in [-0.3, -0.25) is 4.79 Å². The van der Waals surface area contributed by atoms with Crippen LogP contribution in [0.2, 0.25) is 0 Å². The number of fused-ring (bicyclic) bond motifs is 1. The van der Waals surface area contributed by atoms with E-state index >= 15 is 0 Å². The highest BCUT2D eigenvalue weighted by atomic mass is 16.2. The molecule has 1 saturated carbocycles. The van der Waals surface area contributed by atoms with Gasteiger partial charge < -0.3 is 9.88 Å². The van der Waals surface area contributed by atoms with E-state index in [0.29, 0.717) is 17.7 Å². The van der Waals surface area contributed by atoms with Gasteiger partial charge in [0.1, 0.15) is 5.65 Å². The quantitative estimate of drug-likeness (QED) is 0.911. The Balaban J connectivity index is 1.46. The minimum atomic E-state index is 0.351. The van der Waals surface area contributed by atoms with Gasteiger partial charge in [-0.2, -0.15) is 0 Å². The normalized spacial score (nSPS) is 20.5. The fraction of sp³-hybridized carbons (Fsp3) is 0.500. The lowest BCUT2D eigenvalue weighted by Crippen LogP contribution is -2.38. The molecule has 0 atom stereocenters. The number of aromatic amines is 1. The van der Waals surface area contributed by atoms with E-state index in [1.165, 1.54) is 11.1 Å². The average molecular weight is 269 g/mol. The van der Waals surface area contributed by atoms with Gasteiger partial charge in [0.05, 0.1) is 0 Å². The maximum atomic E-state index is 12.1. The van der Waals surface area contributed by atoms with Gasteiger partial charge in [-0.05, 0) is 43.9 Å². The van der Waals surface area contributed by atoms with Crippen LogP contribution in [0.4, 0.5) is 0 Å². The van der Waals surface area contributed by atoms with Crippen molar-refractivity contribution in [1.82, 2.24) is 14.9 Å². The summed E-state index contributed by atoms with van der Waals surface area (Å²) in [5.74, 6) is 1.28. The standard InChI is InChI=1S/C16H19N3O/c20-16(12-3-4-12)19-8-5-11(6-9-19)14-10-13-2-1-7-17-15(13)18-14/h1-2,7,10-12H,3-6,8-9H2,(H,17,18). The number of hydrogen-bond acceptors (Lipinski definition) is 2. The second-order valence-electron chi connectivity index (χ2n) is 6.04. The molecule has 0 spiro atoms. The predicted octanol–water partition coefficient (Wildman–Crippen LogP) is 2.68. The molecule has 104 valence electrons. The van der Waals surface area contributed by atoms with Gasteiger partial charge in [-0.1, -0.05) is 0 Å². The van der Waals surface area contributed by atoms with Gasteiger partial charge >= 0.3 is 0 Å².